The lowest BCUT2D eigenvalue weighted by Gasteiger charge is -2.33. The van der Waals surface area contributed by atoms with Crippen LogP contribution in [0, 0.1) is 0 Å². The van der Waals surface area contributed by atoms with Crippen LogP contribution in [0.4, 0.5) is 0 Å². The monoisotopic (exact) mass is 263 g/mol. The Morgan fingerprint density at radius 2 is 2.16 bits per heavy atom. The molecule has 106 valence electrons. The first-order valence-electron chi connectivity index (χ1n) is 7.30. The minimum absolute atomic E-state index is 0.270. The molecule has 0 radical (unpaired) electrons. The third-order valence-corrected chi connectivity index (χ3v) is 4.18. The van der Waals surface area contributed by atoms with E-state index in [2.05, 4.69) is 11.1 Å². The Morgan fingerprint density at radius 1 is 1.42 bits per heavy atom. The molecule has 0 aliphatic heterocycles. The predicted octanol–water partition coefficient (Wildman–Crippen LogP) is 2.07. The summed E-state index contributed by atoms with van der Waals surface area (Å²) in [5.74, 6) is 0.270. The fourth-order valence-electron chi connectivity index (χ4n) is 2.82. The molecule has 1 aliphatic carbocycles. The van der Waals surface area contributed by atoms with Crippen molar-refractivity contribution in [2.45, 2.75) is 57.0 Å². The molecule has 0 saturated heterocycles. The second-order valence-electron chi connectivity index (χ2n) is 5.62. The number of aromatic nitrogens is 1. The normalized spacial score (nSPS) is 23.3. The van der Waals surface area contributed by atoms with E-state index in [1.54, 1.807) is 0 Å². The Bertz CT molecular complexity index is 380. The lowest BCUT2D eigenvalue weighted by Crippen LogP contribution is -2.41. The van der Waals surface area contributed by atoms with Crippen molar-refractivity contribution in [3.8, 4) is 0 Å². The van der Waals surface area contributed by atoms with Gasteiger partial charge in [0.1, 0.15) is 0 Å². The van der Waals surface area contributed by atoms with Crippen LogP contribution in [0.1, 0.15) is 44.2 Å². The first-order valence-corrected chi connectivity index (χ1v) is 7.30. The Labute approximate surface area is 115 Å². The highest BCUT2D eigenvalue weighted by Gasteiger charge is 2.24. The molecule has 1 aliphatic rings. The number of hydrogen-bond acceptors (Lipinski definition) is 2. The summed E-state index contributed by atoms with van der Waals surface area (Å²) in [7, 11) is 1.94. The second kappa shape index (κ2) is 6.75. The topological polar surface area (TPSA) is 62.1 Å². The van der Waals surface area contributed by atoms with E-state index in [-0.39, 0.29) is 5.91 Å². The van der Waals surface area contributed by atoms with E-state index in [0.29, 0.717) is 18.5 Å². The third kappa shape index (κ3) is 4.10. The maximum absolute atomic E-state index is 12.1. The largest absolute Gasteiger partial charge is 0.365 e. The number of rotatable bonds is 5. The van der Waals surface area contributed by atoms with Crippen LogP contribution in [-0.2, 0) is 11.2 Å². The molecule has 0 bridgehead atoms. The van der Waals surface area contributed by atoms with Gasteiger partial charge in [0.15, 0.2) is 0 Å². The molecule has 0 spiro atoms. The molecule has 0 atom stereocenters. The standard InChI is InChI=1S/C15H25N3O/c1-18(14-9-7-12(16)8-10-14)15(19)6-2-4-13-5-3-11-17-13/h3,5,11-12,14,17H,2,4,6-10,16H2,1H3. The summed E-state index contributed by atoms with van der Waals surface area (Å²) in [6.45, 7) is 0. The number of hydrogen-bond donors (Lipinski definition) is 2. The minimum Gasteiger partial charge on any atom is -0.365 e. The van der Waals surface area contributed by atoms with Gasteiger partial charge in [-0.1, -0.05) is 0 Å². The number of aromatic amines is 1. The highest BCUT2D eigenvalue weighted by molar-refractivity contribution is 5.76. The molecule has 0 unspecified atom stereocenters. The number of nitrogens with two attached hydrogens (primary N) is 1. The van der Waals surface area contributed by atoms with Crippen LogP contribution in [0.5, 0.6) is 0 Å². The zero-order valence-electron chi connectivity index (χ0n) is 11.8. The number of carbonyl (C=O) groups excluding carboxylic acids is 1. The molecule has 0 aromatic carbocycles. The lowest BCUT2D eigenvalue weighted by atomic mass is 9.91. The van der Waals surface area contributed by atoms with Crippen LogP contribution in [0.3, 0.4) is 0 Å². The average molecular weight is 263 g/mol. The van der Waals surface area contributed by atoms with Gasteiger partial charge in [0.25, 0.3) is 0 Å². The molecule has 4 heteroatoms. The molecule has 1 amide bonds. The molecular formula is C15H25N3O. The molecule has 1 heterocycles. The first-order chi connectivity index (χ1) is 9.16. The van der Waals surface area contributed by atoms with Crippen LogP contribution in [0.2, 0.25) is 0 Å². The SMILES string of the molecule is CN(C(=O)CCCc1ccc[nH]1)C1CCC(N)CC1. The van der Waals surface area contributed by atoms with E-state index in [1.165, 1.54) is 5.69 Å². The Hall–Kier alpha value is -1.29. The summed E-state index contributed by atoms with van der Waals surface area (Å²) in [5.41, 5.74) is 7.11. The van der Waals surface area contributed by atoms with Gasteiger partial charge in [-0.3, -0.25) is 4.79 Å². The summed E-state index contributed by atoms with van der Waals surface area (Å²) < 4.78 is 0. The lowest BCUT2D eigenvalue weighted by molar-refractivity contribution is -0.132. The number of H-pyrrole nitrogens is 1. The van der Waals surface area contributed by atoms with Gasteiger partial charge in [-0.15, -0.1) is 0 Å². The molecular weight excluding hydrogens is 238 g/mol. The van der Waals surface area contributed by atoms with E-state index in [0.717, 1.165) is 38.5 Å². The van der Waals surface area contributed by atoms with Crippen LogP contribution in [0.15, 0.2) is 18.3 Å². The summed E-state index contributed by atoms with van der Waals surface area (Å²) in [5, 5.41) is 0. The second-order valence-corrected chi connectivity index (χ2v) is 5.62. The van der Waals surface area contributed by atoms with Crippen molar-refractivity contribution in [2.75, 3.05) is 7.05 Å². The van der Waals surface area contributed by atoms with Crippen LogP contribution >= 0.6 is 0 Å². The molecule has 4 nitrogen and oxygen atoms in total. The quantitative estimate of drug-likeness (QED) is 0.854. The van der Waals surface area contributed by atoms with Crippen molar-refractivity contribution in [3.63, 3.8) is 0 Å². The molecule has 3 N–H and O–H groups in total. The summed E-state index contributed by atoms with van der Waals surface area (Å²) in [6, 6.07) is 4.80. The van der Waals surface area contributed by atoms with Crippen LogP contribution in [-0.4, -0.2) is 34.9 Å². The zero-order valence-corrected chi connectivity index (χ0v) is 11.8. The van der Waals surface area contributed by atoms with Gasteiger partial charge < -0.3 is 15.6 Å². The smallest absolute Gasteiger partial charge is 0.222 e. The highest BCUT2D eigenvalue weighted by atomic mass is 16.2. The van der Waals surface area contributed by atoms with Gasteiger partial charge in [-0.25, -0.2) is 0 Å². The molecule has 19 heavy (non-hydrogen) atoms. The zero-order chi connectivity index (χ0) is 13.7. The molecule has 1 aromatic rings. The maximum atomic E-state index is 12.1. The number of nitrogens with zero attached hydrogens (tertiary/aromatic N) is 1. The molecule has 1 saturated carbocycles. The van der Waals surface area contributed by atoms with Crippen molar-refractivity contribution in [3.05, 3.63) is 24.0 Å². The van der Waals surface area contributed by atoms with Crippen molar-refractivity contribution in [1.29, 1.82) is 0 Å². The molecule has 1 fully saturated rings. The Morgan fingerprint density at radius 3 is 2.79 bits per heavy atom. The fourth-order valence-corrected chi connectivity index (χ4v) is 2.82. The highest BCUT2D eigenvalue weighted by Crippen LogP contribution is 2.21. The Kier molecular flexibility index (Phi) is 5.02. The van der Waals surface area contributed by atoms with Crippen molar-refractivity contribution in [1.82, 2.24) is 9.88 Å². The van der Waals surface area contributed by atoms with Gasteiger partial charge in [-0.2, -0.15) is 0 Å². The van der Waals surface area contributed by atoms with Crippen molar-refractivity contribution >= 4 is 5.91 Å². The van der Waals surface area contributed by atoms with Gasteiger partial charge in [0, 0.05) is 37.4 Å². The molecule has 1 aromatic heterocycles. The number of aryl methyl sites for hydroxylation is 1. The van der Waals surface area contributed by atoms with E-state index in [9.17, 15) is 4.79 Å². The predicted molar refractivity (Wildman–Crippen MR) is 76.7 cm³/mol. The summed E-state index contributed by atoms with van der Waals surface area (Å²) in [6.07, 6.45) is 8.63. The van der Waals surface area contributed by atoms with E-state index in [1.807, 2.05) is 24.2 Å². The van der Waals surface area contributed by atoms with E-state index < -0.39 is 0 Å². The van der Waals surface area contributed by atoms with E-state index in [4.69, 9.17) is 5.73 Å². The van der Waals surface area contributed by atoms with Crippen molar-refractivity contribution < 1.29 is 4.79 Å². The van der Waals surface area contributed by atoms with Crippen molar-refractivity contribution in [2.24, 2.45) is 5.73 Å². The summed E-state index contributed by atoms with van der Waals surface area (Å²) in [4.78, 5) is 17.3. The van der Waals surface area contributed by atoms with Gasteiger partial charge >= 0.3 is 0 Å². The van der Waals surface area contributed by atoms with Crippen LogP contribution in [0.25, 0.3) is 0 Å². The first kappa shape index (κ1) is 14.1. The number of carbonyl (C=O) groups is 1. The summed E-state index contributed by atoms with van der Waals surface area (Å²) >= 11 is 0. The van der Waals surface area contributed by atoms with E-state index >= 15 is 0 Å². The minimum atomic E-state index is 0.270. The number of nitrogens with one attached hydrogen (secondary N) is 1. The maximum Gasteiger partial charge on any atom is 0.222 e. The fraction of sp³-hybridized carbons (Fsp3) is 0.667. The van der Waals surface area contributed by atoms with Crippen LogP contribution < -0.4 is 5.73 Å². The number of amides is 1. The average Bonchev–Trinajstić information content (AvgIpc) is 2.92. The van der Waals surface area contributed by atoms with Gasteiger partial charge in [0.05, 0.1) is 0 Å². The van der Waals surface area contributed by atoms with Gasteiger partial charge in [-0.05, 0) is 50.7 Å². The third-order valence-electron chi connectivity index (χ3n) is 4.18. The van der Waals surface area contributed by atoms with Gasteiger partial charge in [0.2, 0.25) is 5.91 Å². The molecule has 2 rings (SSSR count). The Balaban J connectivity index is 1.70.